The van der Waals surface area contributed by atoms with E-state index in [9.17, 15) is 4.79 Å². The van der Waals surface area contributed by atoms with Crippen molar-refractivity contribution in [1.82, 2.24) is 16.0 Å². The molecule has 0 spiro atoms. The van der Waals surface area contributed by atoms with Gasteiger partial charge in [-0.25, -0.2) is 0 Å². The molecule has 24 heavy (non-hydrogen) atoms. The maximum Gasteiger partial charge on any atom is 0.251 e. The summed E-state index contributed by atoms with van der Waals surface area (Å²) in [4.78, 5) is 16.0. The van der Waals surface area contributed by atoms with E-state index in [1.807, 2.05) is 24.3 Å². The third kappa shape index (κ3) is 5.25. The van der Waals surface area contributed by atoms with Gasteiger partial charge in [-0.05, 0) is 42.4 Å². The van der Waals surface area contributed by atoms with Crippen molar-refractivity contribution in [3.8, 4) is 0 Å². The zero-order valence-electron chi connectivity index (χ0n) is 15.1. The summed E-state index contributed by atoms with van der Waals surface area (Å²) in [7, 11) is 3.45. The minimum Gasteiger partial charge on any atom is -0.356 e. The standard InChI is InChI=1S/C19H30N4O/c1-19(10-4-5-11-19)14-23-18(21-3)22-12-9-15-7-6-8-16(13-15)17(24)20-2/h6-8,13H,4-5,9-12,14H2,1-3H3,(H,20,24)(H2,21,22,23). The van der Waals surface area contributed by atoms with Gasteiger partial charge in [0, 0.05) is 32.7 Å². The average molecular weight is 330 g/mol. The lowest BCUT2D eigenvalue weighted by Crippen LogP contribution is -2.42. The molecule has 132 valence electrons. The second-order valence-electron chi connectivity index (χ2n) is 6.90. The van der Waals surface area contributed by atoms with Gasteiger partial charge in [-0.2, -0.15) is 0 Å². The normalized spacial score (nSPS) is 16.7. The molecule has 0 saturated heterocycles. The van der Waals surface area contributed by atoms with Crippen LogP contribution >= 0.6 is 0 Å². The Hall–Kier alpha value is -2.04. The maximum absolute atomic E-state index is 11.7. The number of hydrogen-bond acceptors (Lipinski definition) is 2. The van der Waals surface area contributed by atoms with Gasteiger partial charge >= 0.3 is 0 Å². The van der Waals surface area contributed by atoms with Crippen LogP contribution in [0.5, 0.6) is 0 Å². The minimum atomic E-state index is -0.0490. The lowest BCUT2D eigenvalue weighted by Gasteiger charge is -2.25. The summed E-state index contributed by atoms with van der Waals surface area (Å²) >= 11 is 0. The van der Waals surface area contributed by atoms with Crippen LogP contribution in [0, 0.1) is 5.41 Å². The van der Waals surface area contributed by atoms with E-state index in [-0.39, 0.29) is 5.91 Å². The van der Waals surface area contributed by atoms with Crippen molar-refractivity contribution in [1.29, 1.82) is 0 Å². The third-order valence-corrected chi connectivity index (χ3v) is 4.84. The van der Waals surface area contributed by atoms with Crippen molar-refractivity contribution in [3.05, 3.63) is 35.4 Å². The van der Waals surface area contributed by atoms with Gasteiger partial charge in [-0.15, -0.1) is 0 Å². The Labute approximate surface area is 145 Å². The number of hydrogen-bond donors (Lipinski definition) is 3. The van der Waals surface area contributed by atoms with Crippen LogP contribution < -0.4 is 16.0 Å². The first-order chi connectivity index (χ1) is 11.6. The quantitative estimate of drug-likeness (QED) is 0.554. The average Bonchev–Trinajstić information content (AvgIpc) is 3.04. The topological polar surface area (TPSA) is 65.5 Å². The van der Waals surface area contributed by atoms with Gasteiger partial charge in [0.05, 0.1) is 0 Å². The summed E-state index contributed by atoms with van der Waals surface area (Å²) in [6, 6.07) is 7.74. The Morgan fingerprint density at radius 3 is 2.67 bits per heavy atom. The molecule has 0 radical (unpaired) electrons. The number of carbonyl (C=O) groups excluding carboxylic acids is 1. The number of carbonyl (C=O) groups is 1. The summed E-state index contributed by atoms with van der Waals surface area (Å²) in [6.45, 7) is 4.11. The molecule has 0 bridgehead atoms. The molecule has 5 nitrogen and oxygen atoms in total. The molecule has 1 aliphatic carbocycles. The number of nitrogens with zero attached hydrogens (tertiary/aromatic N) is 1. The lowest BCUT2D eigenvalue weighted by molar-refractivity contribution is 0.0963. The molecule has 0 unspecified atom stereocenters. The van der Waals surface area contributed by atoms with Crippen molar-refractivity contribution in [2.45, 2.75) is 39.0 Å². The Morgan fingerprint density at radius 2 is 2.00 bits per heavy atom. The smallest absolute Gasteiger partial charge is 0.251 e. The highest BCUT2D eigenvalue weighted by atomic mass is 16.1. The molecule has 5 heteroatoms. The molecule has 0 aliphatic heterocycles. The summed E-state index contributed by atoms with van der Waals surface area (Å²) in [5.41, 5.74) is 2.24. The molecule has 2 rings (SSSR count). The van der Waals surface area contributed by atoms with Crippen LogP contribution in [0.25, 0.3) is 0 Å². The third-order valence-electron chi connectivity index (χ3n) is 4.84. The van der Waals surface area contributed by atoms with Gasteiger partial charge in [0.2, 0.25) is 0 Å². The monoisotopic (exact) mass is 330 g/mol. The summed E-state index contributed by atoms with van der Waals surface area (Å²) < 4.78 is 0. The van der Waals surface area contributed by atoms with E-state index in [2.05, 4.69) is 27.9 Å². The highest BCUT2D eigenvalue weighted by molar-refractivity contribution is 5.94. The highest BCUT2D eigenvalue weighted by Crippen LogP contribution is 2.36. The Kier molecular flexibility index (Phi) is 6.64. The van der Waals surface area contributed by atoms with Crippen molar-refractivity contribution >= 4 is 11.9 Å². The Morgan fingerprint density at radius 1 is 1.25 bits per heavy atom. The van der Waals surface area contributed by atoms with Gasteiger partial charge in [0.1, 0.15) is 0 Å². The first kappa shape index (κ1) is 18.3. The van der Waals surface area contributed by atoms with E-state index in [1.54, 1.807) is 14.1 Å². The zero-order valence-corrected chi connectivity index (χ0v) is 15.1. The SMILES string of the molecule is CN=C(NCCc1cccc(C(=O)NC)c1)NCC1(C)CCCC1. The minimum absolute atomic E-state index is 0.0490. The second kappa shape index (κ2) is 8.71. The molecular formula is C19H30N4O. The Bertz CT molecular complexity index is 576. The predicted octanol–water partition coefficient (Wildman–Crippen LogP) is 2.33. The predicted molar refractivity (Wildman–Crippen MR) is 99.5 cm³/mol. The van der Waals surface area contributed by atoms with E-state index >= 15 is 0 Å². The van der Waals surface area contributed by atoms with Crippen LogP contribution in [0.15, 0.2) is 29.3 Å². The molecule has 0 aromatic heterocycles. The molecule has 0 atom stereocenters. The van der Waals surface area contributed by atoms with Crippen LogP contribution in [-0.4, -0.2) is 39.1 Å². The van der Waals surface area contributed by atoms with Crippen molar-refractivity contribution in [2.24, 2.45) is 10.4 Å². The van der Waals surface area contributed by atoms with E-state index in [0.717, 1.165) is 31.0 Å². The van der Waals surface area contributed by atoms with E-state index in [0.29, 0.717) is 11.0 Å². The van der Waals surface area contributed by atoms with Crippen LogP contribution in [0.2, 0.25) is 0 Å². The fraction of sp³-hybridized carbons (Fsp3) is 0.579. The second-order valence-corrected chi connectivity index (χ2v) is 6.90. The van der Waals surface area contributed by atoms with Gasteiger partial charge < -0.3 is 16.0 Å². The van der Waals surface area contributed by atoms with Gasteiger partial charge in [-0.1, -0.05) is 31.9 Å². The lowest BCUT2D eigenvalue weighted by atomic mass is 9.89. The van der Waals surface area contributed by atoms with E-state index in [4.69, 9.17) is 0 Å². The maximum atomic E-state index is 11.7. The molecule has 1 saturated carbocycles. The molecule has 0 heterocycles. The molecule has 3 N–H and O–H groups in total. The van der Waals surface area contributed by atoms with Crippen LogP contribution in [0.3, 0.4) is 0 Å². The van der Waals surface area contributed by atoms with Gasteiger partial charge in [0.25, 0.3) is 5.91 Å². The fourth-order valence-electron chi connectivity index (χ4n) is 3.26. The van der Waals surface area contributed by atoms with Crippen molar-refractivity contribution < 1.29 is 4.79 Å². The Balaban J connectivity index is 1.78. The number of aliphatic imine (C=N–C) groups is 1. The van der Waals surface area contributed by atoms with Crippen LogP contribution in [0.1, 0.15) is 48.5 Å². The summed E-state index contributed by atoms with van der Waals surface area (Å²) in [5.74, 6) is 0.803. The van der Waals surface area contributed by atoms with E-state index in [1.165, 1.54) is 25.7 Å². The number of rotatable bonds is 6. The number of amides is 1. The van der Waals surface area contributed by atoms with Crippen LogP contribution in [-0.2, 0) is 6.42 Å². The molecule has 1 aromatic rings. The van der Waals surface area contributed by atoms with Crippen molar-refractivity contribution in [2.75, 3.05) is 27.2 Å². The fourth-order valence-corrected chi connectivity index (χ4v) is 3.26. The van der Waals surface area contributed by atoms with E-state index < -0.39 is 0 Å². The molecule has 1 fully saturated rings. The molecule has 1 aliphatic rings. The largest absolute Gasteiger partial charge is 0.356 e. The number of nitrogens with one attached hydrogen (secondary N) is 3. The van der Waals surface area contributed by atoms with Gasteiger partial charge in [0.15, 0.2) is 5.96 Å². The first-order valence-corrected chi connectivity index (χ1v) is 8.82. The molecule has 1 aromatic carbocycles. The first-order valence-electron chi connectivity index (χ1n) is 8.82. The zero-order chi connectivity index (χ0) is 17.4. The van der Waals surface area contributed by atoms with Gasteiger partial charge in [-0.3, -0.25) is 9.79 Å². The highest BCUT2D eigenvalue weighted by Gasteiger charge is 2.28. The molecular weight excluding hydrogens is 300 g/mol. The number of benzene rings is 1. The summed E-state index contributed by atoms with van der Waals surface area (Å²) in [6.07, 6.45) is 6.12. The van der Waals surface area contributed by atoms with Crippen molar-refractivity contribution in [3.63, 3.8) is 0 Å². The van der Waals surface area contributed by atoms with Crippen LogP contribution in [0.4, 0.5) is 0 Å². The summed E-state index contributed by atoms with van der Waals surface area (Å²) in [5, 5.41) is 9.47. The molecule has 1 amide bonds. The number of guanidine groups is 1.